The highest BCUT2D eigenvalue weighted by atomic mass is 16.2. The second-order valence-corrected chi connectivity index (χ2v) is 6.36. The number of aryl methyl sites for hydroxylation is 1. The highest BCUT2D eigenvalue weighted by Gasteiger charge is 2.38. The molecule has 2 N–H and O–H groups in total. The van der Waals surface area contributed by atoms with E-state index in [4.69, 9.17) is 0 Å². The van der Waals surface area contributed by atoms with E-state index in [-0.39, 0.29) is 6.03 Å². The summed E-state index contributed by atoms with van der Waals surface area (Å²) in [6.45, 7) is 2.12. The lowest BCUT2D eigenvalue weighted by Gasteiger charge is -2.08. The van der Waals surface area contributed by atoms with Gasteiger partial charge in [0.2, 0.25) is 0 Å². The summed E-state index contributed by atoms with van der Waals surface area (Å²) >= 11 is 0. The zero-order valence-corrected chi connectivity index (χ0v) is 13.0. The number of aromatic nitrogens is 3. The van der Waals surface area contributed by atoms with Crippen molar-refractivity contribution in [2.45, 2.75) is 38.3 Å². The molecule has 1 saturated carbocycles. The van der Waals surface area contributed by atoms with E-state index in [9.17, 15) is 4.79 Å². The van der Waals surface area contributed by atoms with Crippen LogP contribution in [0.5, 0.6) is 0 Å². The summed E-state index contributed by atoms with van der Waals surface area (Å²) in [4.78, 5) is 11.9. The van der Waals surface area contributed by atoms with Gasteiger partial charge in [0, 0.05) is 19.5 Å². The second-order valence-electron chi connectivity index (χ2n) is 6.36. The lowest BCUT2D eigenvalue weighted by atomic mass is 10.1. The number of fused-ring (bicyclic) bond motifs is 1. The average Bonchev–Trinajstić information content (AvgIpc) is 3.02. The predicted molar refractivity (Wildman–Crippen MR) is 85.9 cm³/mol. The van der Waals surface area contributed by atoms with Crippen LogP contribution < -0.4 is 10.6 Å². The van der Waals surface area contributed by atoms with Crippen LogP contribution in [0.25, 0.3) is 0 Å². The average molecular weight is 311 g/mol. The van der Waals surface area contributed by atoms with Crippen LogP contribution in [0.4, 0.5) is 4.79 Å². The molecule has 1 fully saturated rings. The third kappa shape index (κ3) is 3.06. The first-order valence-corrected chi connectivity index (χ1v) is 8.29. The van der Waals surface area contributed by atoms with Gasteiger partial charge in [-0.1, -0.05) is 30.3 Å². The Morgan fingerprint density at radius 3 is 2.96 bits per heavy atom. The topological polar surface area (TPSA) is 71.8 Å². The Morgan fingerprint density at radius 1 is 1.22 bits per heavy atom. The lowest BCUT2D eigenvalue weighted by molar-refractivity contribution is 0.239. The minimum atomic E-state index is -0.126. The minimum Gasteiger partial charge on any atom is -0.338 e. The van der Waals surface area contributed by atoms with Gasteiger partial charge < -0.3 is 15.2 Å². The Balaban J connectivity index is 1.21. The molecule has 1 aliphatic heterocycles. The van der Waals surface area contributed by atoms with E-state index in [1.165, 1.54) is 5.56 Å². The Labute approximate surface area is 135 Å². The predicted octanol–water partition coefficient (Wildman–Crippen LogP) is 1.83. The lowest BCUT2D eigenvalue weighted by Crippen LogP contribution is -2.36. The molecule has 1 aromatic heterocycles. The fourth-order valence-electron chi connectivity index (χ4n) is 3.37. The Hall–Kier alpha value is -2.37. The zero-order valence-electron chi connectivity index (χ0n) is 13.0. The first kappa shape index (κ1) is 14.2. The fraction of sp³-hybridized carbons (Fsp3) is 0.471. The smallest absolute Gasteiger partial charge is 0.315 e. The molecule has 6 nitrogen and oxygen atoms in total. The van der Waals surface area contributed by atoms with Gasteiger partial charge in [-0.2, -0.15) is 0 Å². The molecular formula is C17H21N5O. The van der Waals surface area contributed by atoms with E-state index in [1.807, 2.05) is 6.07 Å². The Kier molecular flexibility index (Phi) is 3.73. The molecule has 2 heterocycles. The van der Waals surface area contributed by atoms with Crippen molar-refractivity contribution in [2.75, 3.05) is 6.54 Å². The van der Waals surface area contributed by atoms with Crippen molar-refractivity contribution in [1.82, 2.24) is 25.4 Å². The van der Waals surface area contributed by atoms with Crippen LogP contribution in [0.15, 0.2) is 30.3 Å². The third-order valence-corrected chi connectivity index (χ3v) is 4.77. The summed E-state index contributed by atoms with van der Waals surface area (Å²) in [5.41, 5.74) is 1.37. The fourth-order valence-corrected chi connectivity index (χ4v) is 3.37. The van der Waals surface area contributed by atoms with E-state index in [0.717, 1.165) is 44.0 Å². The van der Waals surface area contributed by atoms with Gasteiger partial charge in [0.05, 0.1) is 6.54 Å². The van der Waals surface area contributed by atoms with Crippen molar-refractivity contribution in [3.8, 4) is 0 Å². The molecule has 2 unspecified atom stereocenters. The highest BCUT2D eigenvalue weighted by Crippen LogP contribution is 2.46. The second kappa shape index (κ2) is 6.02. The summed E-state index contributed by atoms with van der Waals surface area (Å²) in [6.07, 6.45) is 3.26. The molecule has 4 rings (SSSR count). The molecule has 2 atom stereocenters. The summed E-state index contributed by atoms with van der Waals surface area (Å²) < 4.78 is 2.10. The third-order valence-electron chi connectivity index (χ3n) is 4.77. The number of carbonyl (C=O) groups is 1. The molecule has 23 heavy (non-hydrogen) atoms. The molecule has 2 aliphatic rings. The largest absolute Gasteiger partial charge is 0.338 e. The summed E-state index contributed by atoms with van der Waals surface area (Å²) in [7, 11) is 0. The van der Waals surface area contributed by atoms with Gasteiger partial charge in [-0.25, -0.2) is 4.79 Å². The summed E-state index contributed by atoms with van der Waals surface area (Å²) in [6, 6.07) is 10.4. The minimum absolute atomic E-state index is 0.126. The highest BCUT2D eigenvalue weighted by molar-refractivity contribution is 5.73. The van der Waals surface area contributed by atoms with Gasteiger partial charge >= 0.3 is 6.03 Å². The van der Waals surface area contributed by atoms with E-state index in [1.54, 1.807) is 0 Å². The molecule has 0 spiro atoms. The van der Waals surface area contributed by atoms with Crippen LogP contribution in [0, 0.1) is 5.92 Å². The molecule has 1 aliphatic carbocycles. The van der Waals surface area contributed by atoms with E-state index in [0.29, 0.717) is 18.4 Å². The quantitative estimate of drug-likeness (QED) is 0.885. The molecule has 0 radical (unpaired) electrons. The molecule has 0 bridgehead atoms. The first-order chi connectivity index (χ1) is 11.3. The molecule has 0 saturated heterocycles. The van der Waals surface area contributed by atoms with Gasteiger partial charge in [-0.05, 0) is 30.2 Å². The van der Waals surface area contributed by atoms with E-state index < -0.39 is 0 Å². The van der Waals surface area contributed by atoms with Crippen molar-refractivity contribution < 1.29 is 4.79 Å². The van der Waals surface area contributed by atoms with Gasteiger partial charge in [-0.3, -0.25) is 0 Å². The Morgan fingerprint density at radius 2 is 2.09 bits per heavy atom. The van der Waals surface area contributed by atoms with E-state index >= 15 is 0 Å². The van der Waals surface area contributed by atoms with Crippen molar-refractivity contribution in [2.24, 2.45) is 5.92 Å². The van der Waals surface area contributed by atoms with Crippen molar-refractivity contribution >= 4 is 6.03 Å². The van der Waals surface area contributed by atoms with Gasteiger partial charge in [0.1, 0.15) is 5.82 Å². The SMILES string of the molecule is O=C(NCc1nnc2n1CCC2)NCC1CC1c1ccccc1. The van der Waals surface area contributed by atoms with Gasteiger partial charge in [0.25, 0.3) is 0 Å². The summed E-state index contributed by atoms with van der Waals surface area (Å²) in [5.74, 6) is 3.03. The summed E-state index contributed by atoms with van der Waals surface area (Å²) in [5, 5.41) is 14.1. The van der Waals surface area contributed by atoms with Crippen molar-refractivity contribution in [3.05, 3.63) is 47.5 Å². The number of amides is 2. The number of rotatable bonds is 5. The molecule has 2 amide bonds. The number of urea groups is 1. The molecule has 6 heteroatoms. The maximum absolute atomic E-state index is 11.9. The van der Waals surface area contributed by atoms with Crippen LogP contribution in [0.3, 0.4) is 0 Å². The van der Waals surface area contributed by atoms with Crippen LogP contribution in [-0.2, 0) is 19.5 Å². The van der Waals surface area contributed by atoms with Crippen LogP contribution >= 0.6 is 0 Å². The normalized spacial score (nSPS) is 21.7. The maximum Gasteiger partial charge on any atom is 0.315 e. The van der Waals surface area contributed by atoms with Gasteiger partial charge in [0.15, 0.2) is 5.82 Å². The maximum atomic E-state index is 11.9. The standard InChI is InChI=1S/C17H21N5O/c23-17(19-11-16-21-20-15-7-4-8-22(15)16)18-10-13-9-14(13)12-5-2-1-3-6-12/h1-3,5-6,13-14H,4,7-11H2,(H2,18,19,23). The van der Waals surface area contributed by atoms with Crippen molar-refractivity contribution in [1.29, 1.82) is 0 Å². The number of benzene rings is 1. The zero-order chi connectivity index (χ0) is 15.6. The van der Waals surface area contributed by atoms with Gasteiger partial charge in [-0.15, -0.1) is 10.2 Å². The van der Waals surface area contributed by atoms with Crippen LogP contribution in [0.2, 0.25) is 0 Å². The Bertz CT molecular complexity index is 696. The number of hydrogen-bond donors (Lipinski definition) is 2. The number of nitrogens with one attached hydrogen (secondary N) is 2. The molecule has 1 aromatic carbocycles. The monoisotopic (exact) mass is 311 g/mol. The number of nitrogens with zero attached hydrogens (tertiary/aromatic N) is 3. The molecule has 120 valence electrons. The first-order valence-electron chi connectivity index (χ1n) is 8.29. The molecular weight excluding hydrogens is 290 g/mol. The number of hydrogen-bond acceptors (Lipinski definition) is 3. The van der Waals surface area contributed by atoms with E-state index in [2.05, 4.69) is 49.7 Å². The van der Waals surface area contributed by atoms with Crippen LogP contribution in [-0.4, -0.2) is 27.3 Å². The van der Waals surface area contributed by atoms with Crippen LogP contribution in [0.1, 0.15) is 36.0 Å². The molecule has 2 aromatic rings. The number of carbonyl (C=O) groups excluding carboxylic acids is 1. The van der Waals surface area contributed by atoms with Crippen molar-refractivity contribution in [3.63, 3.8) is 0 Å².